The third kappa shape index (κ3) is 1.47. The molecule has 64 valence electrons. The summed E-state index contributed by atoms with van der Waals surface area (Å²) in [7, 11) is 0. The summed E-state index contributed by atoms with van der Waals surface area (Å²) in [5.41, 5.74) is 2.02. The molecule has 0 radical (unpaired) electrons. The third-order valence-corrected chi connectivity index (χ3v) is 1.84. The molecule has 0 amide bonds. The predicted molar refractivity (Wildman–Crippen MR) is 53.4 cm³/mol. The van der Waals surface area contributed by atoms with Gasteiger partial charge in [-0.05, 0) is 18.2 Å². The van der Waals surface area contributed by atoms with Crippen molar-refractivity contribution in [1.29, 1.82) is 0 Å². The molecular weight excluding hydrogens is 162 g/mol. The third-order valence-electron chi connectivity index (χ3n) is 1.84. The minimum Gasteiger partial charge on any atom is -0.374 e. The van der Waals surface area contributed by atoms with Gasteiger partial charge in [-0.3, -0.25) is 5.10 Å². The second-order valence-corrected chi connectivity index (χ2v) is 2.73. The zero-order valence-corrected chi connectivity index (χ0v) is 7.04. The number of aromatic amines is 1. The highest BCUT2D eigenvalue weighted by Crippen LogP contribution is 2.15. The molecule has 0 spiro atoms. The van der Waals surface area contributed by atoms with Crippen molar-refractivity contribution in [1.82, 2.24) is 10.2 Å². The van der Waals surface area contributed by atoms with E-state index in [1.165, 1.54) is 0 Å². The lowest BCUT2D eigenvalue weighted by atomic mass is 10.2. The van der Waals surface area contributed by atoms with Gasteiger partial charge in [-0.1, -0.05) is 5.92 Å². The molecule has 0 aliphatic rings. The number of benzene rings is 1. The highest BCUT2D eigenvalue weighted by Gasteiger charge is 1.95. The Morgan fingerprint density at radius 2 is 2.46 bits per heavy atom. The molecule has 1 heterocycles. The van der Waals surface area contributed by atoms with Crippen LogP contribution in [-0.4, -0.2) is 16.7 Å². The van der Waals surface area contributed by atoms with E-state index in [9.17, 15) is 0 Å². The van der Waals surface area contributed by atoms with Crippen molar-refractivity contribution >= 4 is 16.6 Å². The average molecular weight is 171 g/mol. The van der Waals surface area contributed by atoms with E-state index in [1.807, 2.05) is 18.2 Å². The van der Waals surface area contributed by atoms with Crippen molar-refractivity contribution in [2.45, 2.75) is 0 Å². The topological polar surface area (TPSA) is 40.7 Å². The smallest absolute Gasteiger partial charge is 0.0763 e. The lowest BCUT2D eigenvalue weighted by molar-refractivity contribution is 1.12. The molecule has 2 N–H and O–H groups in total. The van der Waals surface area contributed by atoms with Gasteiger partial charge in [0.05, 0.1) is 18.3 Å². The standard InChI is InChI=1S/C10H9N3/c1-2-5-11-9-4-3-8-7-12-13-10(8)6-9/h1,3-4,6-7,11H,5H2,(H,12,13). The number of terminal acetylenes is 1. The first kappa shape index (κ1) is 7.69. The van der Waals surface area contributed by atoms with Gasteiger partial charge in [0.2, 0.25) is 0 Å². The summed E-state index contributed by atoms with van der Waals surface area (Å²) in [6.45, 7) is 0.541. The highest BCUT2D eigenvalue weighted by molar-refractivity contribution is 5.81. The largest absolute Gasteiger partial charge is 0.374 e. The molecule has 0 saturated carbocycles. The first-order chi connectivity index (χ1) is 6.40. The van der Waals surface area contributed by atoms with Gasteiger partial charge in [-0.2, -0.15) is 5.10 Å². The molecule has 1 aromatic carbocycles. The van der Waals surface area contributed by atoms with Crippen molar-refractivity contribution in [2.75, 3.05) is 11.9 Å². The van der Waals surface area contributed by atoms with Crippen LogP contribution in [-0.2, 0) is 0 Å². The number of nitrogens with one attached hydrogen (secondary N) is 2. The number of fused-ring (bicyclic) bond motifs is 1. The number of hydrogen-bond acceptors (Lipinski definition) is 2. The molecule has 2 rings (SSSR count). The number of aromatic nitrogens is 2. The Hall–Kier alpha value is -1.95. The van der Waals surface area contributed by atoms with E-state index in [0.717, 1.165) is 16.6 Å². The molecule has 3 nitrogen and oxygen atoms in total. The summed E-state index contributed by atoms with van der Waals surface area (Å²) < 4.78 is 0. The monoisotopic (exact) mass is 171 g/mol. The van der Waals surface area contributed by atoms with Crippen LogP contribution in [0.15, 0.2) is 24.4 Å². The van der Waals surface area contributed by atoms with Gasteiger partial charge >= 0.3 is 0 Å². The van der Waals surface area contributed by atoms with Gasteiger partial charge in [0.25, 0.3) is 0 Å². The van der Waals surface area contributed by atoms with E-state index < -0.39 is 0 Å². The summed E-state index contributed by atoms with van der Waals surface area (Å²) >= 11 is 0. The van der Waals surface area contributed by atoms with E-state index in [2.05, 4.69) is 21.4 Å². The van der Waals surface area contributed by atoms with Crippen molar-refractivity contribution < 1.29 is 0 Å². The van der Waals surface area contributed by atoms with Crippen molar-refractivity contribution in [3.8, 4) is 12.3 Å². The molecule has 0 saturated heterocycles. The Labute approximate surface area is 76.2 Å². The molecule has 0 aliphatic heterocycles. The van der Waals surface area contributed by atoms with Crippen LogP contribution in [0.4, 0.5) is 5.69 Å². The van der Waals surface area contributed by atoms with Gasteiger partial charge < -0.3 is 5.32 Å². The Bertz CT molecular complexity index is 450. The summed E-state index contributed by atoms with van der Waals surface area (Å²) in [5, 5.41) is 11.0. The molecule has 0 unspecified atom stereocenters. The molecular formula is C10H9N3. The maximum absolute atomic E-state index is 5.14. The molecule has 0 fully saturated rings. The van der Waals surface area contributed by atoms with Gasteiger partial charge in [-0.15, -0.1) is 6.42 Å². The van der Waals surface area contributed by atoms with E-state index in [4.69, 9.17) is 6.42 Å². The van der Waals surface area contributed by atoms with Gasteiger partial charge in [0.15, 0.2) is 0 Å². The second kappa shape index (κ2) is 3.20. The minimum atomic E-state index is 0.541. The first-order valence-electron chi connectivity index (χ1n) is 4.00. The zero-order valence-electron chi connectivity index (χ0n) is 7.04. The van der Waals surface area contributed by atoms with Gasteiger partial charge in [0, 0.05) is 11.1 Å². The van der Waals surface area contributed by atoms with Gasteiger partial charge in [0.1, 0.15) is 0 Å². The van der Waals surface area contributed by atoms with Crippen molar-refractivity contribution in [3.05, 3.63) is 24.4 Å². The quantitative estimate of drug-likeness (QED) is 0.674. The van der Waals surface area contributed by atoms with E-state index >= 15 is 0 Å². The zero-order chi connectivity index (χ0) is 9.10. The molecule has 0 atom stereocenters. The van der Waals surface area contributed by atoms with Crippen LogP contribution >= 0.6 is 0 Å². The maximum atomic E-state index is 5.14. The molecule has 1 aromatic heterocycles. The Balaban J connectivity index is 2.33. The van der Waals surface area contributed by atoms with E-state index in [1.54, 1.807) is 6.20 Å². The number of hydrogen-bond donors (Lipinski definition) is 2. The summed E-state index contributed by atoms with van der Waals surface area (Å²) in [5.74, 6) is 2.52. The predicted octanol–water partition coefficient (Wildman–Crippen LogP) is 1.61. The average Bonchev–Trinajstić information content (AvgIpc) is 2.61. The number of rotatable bonds is 2. The molecule has 2 aromatic rings. The fraction of sp³-hybridized carbons (Fsp3) is 0.100. The van der Waals surface area contributed by atoms with Crippen LogP contribution < -0.4 is 5.32 Å². The number of anilines is 1. The summed E-state index contributed by atoms with van der Waals surface area (Å²) in [6.07, 6.45) is 6.93. The normalized spacial score (nSPS) is 9.77. The first-order valence-corrected chi connectivity index (χ1v) is 4.00. The SMILES string of the molecule is C#CCNc1ccc2cn[nH]c2c1. The molecule has 13 heavy (non-hydrogen) atoms. The molecule has 0 bridgehead atoms. The second-order valence-electron chi connectivity index (χ2n) is 2.73. The molecule has 3 heteroatoms. The van der Waals surface area contributed by atoms with Crippen LogP contribution in [0.5, 0.6) is 0 Å². The lowest BCUT2D eigenvalue weighted by Crippen LogP contribution is -1.97. The number of H-pyrrole nitrogens is 1. The van der Waals surface area contributed by atoms with E-state index in [0.29, 0.717) is 6.54 Å². The number of nitrogens with zero attached hydrogens (tertiary/aromatic N) is 1. The van der Waals surface area contributed by atoms with Crippen molar-refractivity contribution in [3.63, 3.8) is 0 Å². The fourth-order valence-corrected chi connectivity index (χ4v) is 1.20. The maximum Gasteiger partial charge on any atom is 0.0763 e. The van der Waals surface area contributed by atoms with Crippen LogP contribution in [0.3, 0.4) is 0 Å². The minimum absolute atomic E-state index is 0.541. The lowest BCUT2D eigenvalue weighted by Gasteiger charge is -2.00. The van der Waals surface area contributed by atoms with Crippen LogP contribution in [0, 0.1) is 12.3 Å². The van der Waals surface area contributed by atoms with Crippen LogP contribution in [0.1, 0.15) is 0 Å². The Morgan fingerprint density at radius 1 is 1.54 bits per heavy atom. The van der Waals surface area contributed by atoms with Crippen LogP contribution in [0.2, 0.25) is 0 Å². The summed E-state index contributed by atoms with van der Waals surface area (Å²) in [6, 6.07) is 5.96. The highest BCUT2D eigenvalue weighted by atomic mass is 15.1. The Kier molecular flexibility index (Phi) is 1.89. The Morgan fingerprint density at radius 3 is 3.31 bits per heavy atom. The summed E-state index contributed by atoms with van der Waals surface area (Å²) in [4.78, 5) is 0. The van der Waals surface area contributed by atoms with Gasteiger partial charge in [-0.25, -0.2) is 0 Å². The van der Waals surface area contributed by atoms with Crippen molar-refractivity contribution in [2.24, 2.45) is 0 Å². The molecule has 0 aliphatic carbocycles. The fourth-order valence-electron chi connectivity index (χ4n) is 1.20. The van der Waals surface area contributed by atoms with Crippen LogP contribution in [0.25, 0.3) is 10.9 Å². The van der Waals surface area contributed by atoms with E-state index in [-0.39, 0.29) is 0 Å².